The quantitative estimate of drug-likeness (QED) is 0.529. The summed E-state index contributed by atoms with van der Waals surface area (Å²) in [5.74, 6) is -0.00892. The van der Waals surface area contributed by atoms with Gasteiger partial charge in [-0.15, -0.1) is 0 Å². The van der Waals surface area contributed by atoms with Crippen molar-refractivity contribution in [1.29, 1.82) is 0 Å². The van der Waals surface area contributed by atoms with Crippen molar-refractivity contribution >= 4 is 22.5 Å². The molecule has 4 aromatic rings. The number of carbonyl (C=O) groups is 1. The molecule has 29 heavy (non-hydrogen) atoms. The number of aryl methyl sites for hydroxylation is 1. The van der Waals surface area contributed by atoms with Crippen LogP contribution in [-0.4, -0.2) is 15.9 Å². The number of amides is 1. The molecule has 1 amide bonds. The summed E-state index contributed by atoms with van der Waals surface area (Å²) >= 11 is 0. The van der Waals surface area contributed by atoms with Crippen molar-refractivity contribution in [1.82, 2.24) is 9.97 Å². The van der Waals surface area contributed by atoms with Gasteiger partial charge >= 0.3 is 0 Å². The van der Waals surface area contributed by atoms with Crippen molar-refractivity contribution < 1.29 is 13.9 Å². The smallest absolute Gasteiger partial charge is 0.257 e. The molecule has 4 rings (SSSR count). The van der Waals surface area contributed by atoms with Crippen molar-refractivity contribution in [3.63, 3.8) is 0 Å². The molecule has 0 atom stereocenters. The Balaban J connectivity index is 1.46. The third kappa shape index (κ3) is 4.21. The Morgan fingerprint density at radius 3 is 2.59 bits per heavy atom. The molecule has 5 nitrogen and oxygen atoms in total. The second-order valence-electron chi connectivity index (χ2n) is 6.56. The van der Waals surface area contributed by atoms with E-state index in [0.717, 1.165) is 5.56 Å². The Hall–Kier alpha value is -3.80. The number of carbonyl (C=O) groups excluding carboxylic acids is 1. The van der Waals surface area contributed by atoms with Gasteiger partial charge < -0.3 is 10.1 Å². The summed E-state index contributed by atoms with van der Waals surface area (Å²) in [5, 5.41) is 3.43. The number of hydrogen-bond donors (Lipinski definition) is 1. The van der Waals surface area contributed by atoms with E-state index < -0.39 is 5.82 Å². The number of rotatable bonds is 5. The number of fused-ring (bicyclic) bond motifs is 1. The summed E-state index contributed by atoms with van der Waals surface area (Å²) in [5.41, 5.74) is 2.79. The van der Waals surface area contributed by atoms with Crippen LogP contribution >= 0.6 is 0 Å². The van der Waals surface area contributed by atoms with Crippen molar-refractivity contribution in [3.8, 4) is 5.75 Å². The minimum atomic E-state index is -0.403. The first-order valence-electron chi connectivity index (χ1n) is 9.09. The summed E-state index contributed by atoms with van der Waals surface area (Å²) in [4.78, 5) is 20.9. The molecule has 0 saturated carbocycles. The Bertz CT molecular complexity index is 1160. The van der Waals surface area contributed by atoms with E-state index >= 15 is 0 Å². The van der Waals surface area contributed by atoms with Gasteiger partial charge in [-0.2, -0.15) is 0 Å². The highest BCUT2D eigenvalue weighted by atomic mass is 19.1. The lowest BCUT2D eigenvalue weighted by Crippen LogP contribution is -2.14. The van der Waals surface area contributed by atoms with E-state index in [-0.39, 0.29) is 11.4 Å². The van der Waals surface area contributed by atoms with Crippen LogP contribution in [0, 0.1) is 12.7 Å². The van der Waals surface area contributed by atoms with Crippen molar-refractivity contribution in [2.24, 2.45) is 0 Å². The first-order chi connectivity index (χ1) is 14.1. The fourth-order valence-electron chi connectivity index (χ4n) is 2.96. The number of ether oxygens (including phenoxy) is 1. The fraction of sp³-hybridized carbons (Fsp3) is 0.0870. The maximum atomic E-state index is 13.9. The van der Waals surface area contributed by atoms with Crippen LogP contribution in [0.5, 0.6) is 5.75 Å². The van der Waals surface area contributed by atoms with E-state index in [9.17, 15) is 9.18 Å². The van der Waals surface area contributed by atoms with E-state index in [1.807, 2.05) is 12.1 Å². The normalized spacial score (nSPS) is 10.7. The number of anilines is 1. The summed E-state index contributed by atoms with van der Waals surface area (Å²) in [6.45, 7) is 2.13. The van der Waals surface area contributed by atoms with Gasteiger partial charge in [0.2, 0.25) is 0 Å². The molecule has 2 aromatic carbocycles. The molecular weight excluding hydrogens is 369 g/mol. The van der Waals surface area contributed by atoms with Crippen LogP contribution in [-0.2, 0) is 6.61 Å². The Kier molecular flexibility index (Phi) is 5.16. The second-order valence-corrected chi connectivity index (χ2v) is 6.56. The Labute approximate surface area is 167 Å². The standard InChI is InChI=1S/C23H18FN3O2/c1-15-20(13-17-3-2-4-21(24)22(17)26-15)23(28)27-18-5-7-19(8-6-18)29-14-16-9-11-25-12-10-16/h2-13H,14H2,1H3,(H,27,28). The predicted octanol–water partition coefficient (Wildman–Crippen LogP) is 4.91. The first kappa shape index (κ1) is 18.6. The van der Waals surface area contributed by atoms with Gasteiger partial charge in [-0.25, -0.2) is 9.37 Å². The molecule has 0 unspecified atom stereocenters. The molecule has 0 bridgehead atoms. The number of aromatic nitrogens is 2. The van der Waals surface area contributed by atoms with Crippen LogP contribution in [0.15, 0.2) is 73.1 Å². The molecule has 0 saturated heterocycles. The van der Waals surface area contributed by atoms with Crippen LogP contribution in [0.25, 0.3) is 10.9 Å². The zero-order valence-corrected chi connectivity index (χ0v) is 15.7. The molecule has 0 aliphatic heterocycles. The molecule has 0 aliphatic rings. The van der Waals surface area contributed by atoms with E-state index in [1.54, 1.807) is 61.8 Å². The van der Waals surface area contributed by atoms with Gasteiger partial charge in [0.1, 0.15) is 23.7 Å². The minimum absolute atomic E-state index is 0.261. The molecule has 2 aromatic heterocycles. The molecule has 2 heterocycles. The van der Waals surface area contributed by atoms with E-state index in [0.29, 0.717) is 34.7 Å². The third-order valence-electron chi connectivity index (χ3n) is 4.50. The summed E-state index contributed by atoms with van der Waals surface area (Å²) in [6, 6.07) is 17.2. The molecule has 0 radical (unpaired) electrons. The molecule has 0 spiro atoms. The number of hydrogen-bond acceptors (Lipinski definition) is 4. The highest BCUT2D eigenvalue weighted by Gasteiger charge is 2.13. The lowest BCUT2D eigenvalue weighted by Gasteiger charge is -2.10. The largest absolute Gasteiger partial charge is 0.489 e. The van der Waals surface area contributed by atoms with Crippen LogP contribution in [0.3, 0.4) is 0 Å². The van der Waals surface area contributed by atoms with Gasteiger partial charge in [-0.1, -0.05) is 12.1 Å². The van der Waals surface area contributed by atoms with E-state index in [4.69, 9.17) is 4.74 Å². The fourth-order valence-corrected chi connectivity index (χ4v) is 2.96. The average molecular weight is 387 g/mol. The molecule has 1 N–H and O–H groups in total. The summed E-state index contributed by atoms with van der Waals surface area (Å²) < 4.78 is 19.6. The number of nitrogens with one attached hydrogen (secondary N) is 1. The zero-order chi connectivity index (χ0) is 20.2. The van der Waals surface area contributed by atoms with Crippen molar-refractivity contribution in [2.75, 3.05) is 5.32 Å². The number of para-hydroxylation sites is 1. The Morgan fingerprint density at radius 2 is 1.83 bits per heavy atom. The number of pyridine rings is 2. The van der Waals surface area contributed by atoms with Gasteiger partial charge in [0.15, 0.2) is 0 Å². The maximum Gasteiger partial charge on any atom is 0.257 e. The minimum Gasteiger partial charge on any atom is -0.489 e. The predicted molar refractivity (Wildman–Crippen MR) is 109 cm³/mol. The molecular formula is C23H18FN3O2. The zero-order valence-electron chi connectivity index (χ0n) is 15.7. The van der Waals surface area contributed by atoms with Crippen molar-refractivity contribution in [2.45, 2.75) is 13.5 Å². The SMILES string of the molecule is Cc1nc2c(F)cccc2cc1C(=O)Nc1ccc(OCc2ccncc2)cc1. The molecule has 0 fully saturated rings. The van der Waals surface area contributed by atoms with Gasteiger partial charge in [0.05, 0.1) is 11.3 Å². The van der Waals surface area contributed by atoms with Gasteiger partial charge in [-0.3, -0.25) is 9.78 Å². The highest BCUT2D eigenvalue weighted by Crippen LogP contribution is 2.21. The first-order valence-corrected chi connectivity index (χ1v) is 9.09. The lowest BCUT2D eigenvalue weighted by atomic mass is 10.1. The average Bonchev–Trinajstić information content (AvgIpc) is 2.74. The number of halogens is 1. The topological polar surface area (TPSA) is 64.1 Å². The van der Waals surface area contributed by atoms with Crippen LogP contribution in [0.2, 0.25) is 0 Å². The number of nitrogens with zero attached hydrogens (tertiary/aromatic N) is 2. The lowest BCUT2D eigenvalue weighted by molar-refractivity contribution is 0.102. The number of benzene rings is 2. The second kappa shape index (κ2) is 8.06. The molecule has 144 valence electrons. The molecule has 6 heteroatoms. The summed E-state index contributed by atoms with van der Waals surface area (Å²) in [6.07, 6.45) is 3.44. The molecule has 0 aliphatic carbocycles. The van der Waals surface area contributed by atoms with Gasteiger partial charge in [0.25, 0.3) is 5.91 Å². The van der Waals surface area contributed by atoms with E-state index in [1.165, 1.54) is 6.07 Å². The third-order valence-corrected chi connectivity index (χ3v) is 4.50. The van der Waals surface area contributed by atoms with Gasteiger partial charge in [0, 0.05) is 23.5 Å². The van der Waals surface area contributed by atoms with Gasteiger partial charge in [-0.05, 0) is 61.0 Å². The highest BCUT2D eigenvalue weighted by molar-refractivity contribution is 6.06. The van der Waals surface area contributed by atoms with Crippen molar-refractivity contribution in [3.05, 3.63) is 95.7 Å². The summed E-state index contributed by atoms with van der Waals surface area (Å²) in [7, 11) is 0. The maximum absolute atomic E-state index is 13.9. The van der Waals surface area contributed by atoms with Crippen LogP contribution in [0.1, 0.15) is 21.6 Å². The van der Waals surface area contributed by atoms with Crippen LogP contribution < -0.4 is 10.1 Å². The van der Waals surface area contributed by atoms with Crippen LogP contribution in [0.4, 0.5) is 10.1 Å². The monoisotopic (exact) mass is 387 g/mol. The Morgan fingerprint density at radius 1 is 1.07 bits per heavy atom. The van der Waals surface area contributed by atoms with E-state index in [2.05, 4.69) is 15.3 Å².